The summed E-state index contributed by atoms with van der Waals surface area (Å²) in [5.74, 6) is -1.43. The average Bonchev–Trinajstić information content (AvgIpc) is 3.19. The molecule has 2 aromatic rings. The number of hydrogen-bond acceptors (Lipinski definition) is 3. The van der Waals surface area contributed by atoms with Gasteiger partial charge in [-0.15, -0.1) is 0 Å². The predicted octanol–water partition coefficient (Wildman–Crippen LogP) is 3.91. The van der Waals surface area contributed by atoms with Gasteiger partial charge in [-0.2, -0.15) is 0 Å². The normalized spacial score (nSPS) is 16.2. The van der Waals surface area contributed by atoms with Crippen molar-refractivity contribution >= 4 is 23.4 Å². The minimum atomic E-state index is -0.979. The summed E-state index contributed by atoms with van der Waals surface area (Å²) in [4.78, 5) is 25.2. The molecular weight excluding hydrogens is 383 g/mol. The van der Waals surface area contributed by atoms with Crippen LogP contribution >= 0.6 is 11.6 Å². The number of nitrogens with one attached hydrogen (secondary N) is 2. The van der Waals surface area contributed by atoms with Crippen molar-refractivity contribution in [3.8, 4) is 5.75 Å². The zero-order chi connectivity index (χ0) is 20.1. The van der Waals surface area contributed by atoms with Crippen LogP contribution in [0.1, 0.15) is 38.2 Å². The Hall–Kier alpha value is -2.60. The van der Waals surface area contributed by atoms with Crippen LogP contribution in [0.5, 0.6) is 5.75 Å². The van der Waals surface area contributed by atoms with Gasteiger partial charge in [-0.1, -0.05) is 48.7 Å². The second-order valence-electron chi connectivity index (χ2n) is 6.93. The van der Waals surface area contributed by atoms with Crippen LogP contribution in [0.2, 0.25) is 5.02 Å². The first kappa shape index (κ1) is 20.1. The van der Waals surface area contributed by atoms with Gasteiger partial charge in [-0.3, -0.25) is 20.4 Å². The van der Waals surface area contributed by atoms with Crippen molar-refractivity contribution in [1.82, 2.24) is 10.9 Å². The van der Waals surface area contributed by atoms with Crippen LogP contribution in [-0.4, -0.2) is 17.9 Å². The smallest absolute Gasteiger partial charge is 0.279 e. The Morgan fingerprint density at radius 1 is 1.07 bits per heavy atom. The molecule has 2 aromatic carbocycles. The maximum Gasteiger partial charge on any atom is 0.279 e. The molecule has 7 heteroatoms. The van der Waals surface area contributed by atoms with Crippen molar-refractivity contribution in [3.63, 3.8) is 0 Å². The third kappa shape index (κ3) is 4.28. The lowest BCUT2D eigenvalue weighted by atomic mass is 9.78. The van der Waals surface area contributed by atoms with Crippen LogP contribution < -0.4 is 15.6 Å². The molecular formula is C21H22ClFN2O3. The molecule has 3 rings (SSSR count). The van der Waals surface area contributed by atoms with E-state index in [0.717, 1.165) is 18.4 Å². The van der Waals surface area contributed by atoms with Crippen LogP contribution in [-0.2, 0) is 15.0 Å². The van der Waals surface area contributed by atoms with Gasteiger partial charge >= 0.3 is 0 Å². The fourth-order valence-electron chi connectivity index (χ4n) is 3.52. The molecule has 28 heavy (non-hydrogen) atoms. The molecule has 0 spiro atoms. The maximum absolute atomic E-state index is 13.7. The van der Waals surface area contributed by atoms with Crippen molar-refractivity contribution in [2.24, 2.45) is 0 Å². The molecule has 1 unspecified atom stereocenters. The first-order valence-electron chi connectivity index (χ1n) is 9.20. The van der Waals surface area contributed by atoms with E-state index in [1.165, 1.54) is 25.1 Å². The van der Waals surface area contributed by atoms with Gasteiger partial charge in [0.05, 0.1) is 5.41 Å². The molecule has 0 bridgehead atoms. The van der Waals surface area contributed by atoms with Gasteiger partial charge < -0.3 is 4.74 Å². The fraction of sp³-hybridized carbons (Fsp3) is 0.333. The van der Waals surface area contributed by atoms with E-state index in [-0.39, 0.29) is 11.7 Å². The zero-order valence-corrected chi connectivity index (χ0v) is 16.3. The molecule has 5 nitrogen and oxygen atoms in total. The van der Waals surface area contributed by atoms with Crippen LogP contribution in [0.25, 0.3) is 0 Å². The molecule has 148 valence electrons. The zero-order valence-electron chi connectivity index (χ0n) is 15.5. The summed E-state index contributed by atoms with van der Waals surface area (Å²) in [6.45, 7) is 1.48. The maximum atomic E-state index is 13.7. The Balaban J connectivity index is 1.63. The van der Waals surface area contributed by atoms with E-state index in [0.29, 0.717) is 17.9 Å². The van der Waals surface area contributed by atoms with Crippen molar-refractivity contribution in [3.05, 3.63) is 64.9 Å². The van der Waals surface area contributed by atoms with Gasteiger partial charge in [-0.05, 0) is 49.6 Å². The highest BCUT2D eigenvalue weighted by Crippen LogP contribution is 2.41. The largest absolute Gasteiger partial charge is 0.478 e. The summed E-state index contributed by atoms with van der Waals surface area (Å²) in [7, 11) is 0. The number of benzene rings is 2. The van der Waals surface area contributed by atoms with Gasteiger partial charge in [-0.25, -0.2) is 4.39 Å². The van der Waals surface area contributed by atoms with Gasteiger partial charge in [0.15, 0.2) is 17.7 Å². The van der Waals surface area contributed by atoms with Crippen molar-refractivity contribution < 1.29 is 18.7 Å². The third-order valence-electron chi connectivity index (χ3n) is 5.10. The van der Waals surface area contributed by atoms with Gasteiger partial charge in [0.2, 0.25) is 5.91 Å². The number of rotatable bonds is 5. The molecule has 2 amide bonds. The van der Waals surface area contributed by atoms with Crippen LogP contribution in [0, 0.1) is 5.82 Å². The van der Waals surface area contributed by atoms with E-state index in [9.17, 15) is 14.0 Å². The number of hydrogen-bond donors (Lipinski definition) is 2. The monoisotopic (exact) mass is 404 g/mol. The minimum absolute atomic E-state index is 0.0232. The van der Waals surface area contributed by atoms with E-state index in [1.807, 2.05) is 12.1 Å². The third-order valence-corrected chi connectivity index (χ3v) is 5.35. The Morgan fingerprint density at radius 3 is 2.36 bits per heavy atom. The van der Waals surface area contributed by atoms with Crippen molar-refractivity contribution in [2.45, 2.75) is 44.1 Å². The molecule has 0 heterocycles. The number of amides is 2. The topological polar surface area (TPSA) is 67.4 Å². The summed E-state index contributed by atoms with van der Waals surface area (Å²) in [6.07, 6.45) is 2.26. The Morgan fingerprint density at radius 2 is 1.71 bits per heavy atom. The first-order valence-corrected chi connectivity index (χ1v) is 9.58. The van der Waals surface area contributed by atoms with Gasteiger partial charge in [0.1, 0.15) is 0 Å². The quantitative estimate of drug-likeness (QED) is 0.742. The average molecular weight is 405 g/mol. The Labute approximate surface area is 168 Å². The molecule has 0 aromatic heterocycles. The molecule has 1 aliphatic rings. The second kappa shape index (κ2) is 8.61. The molecule has 1 aliphatic carbocycles. The Bertz CT molecular complexity index is 851. The van der Waals surface area contributed by atoms with Crippen molar-refractivity contribution in [1.29, 1.82) is 0 Å². The molecule has 0 aliphatic heterocycles. The molecule has 1 atom stereocenters. The van der Waals surface area contributed by atoms with Crippen LogP contribution in [0.4, 0.5) is 4.39 Å². The summed E-state index contributed by atoms with van der Waals surface area (Å²) in [6, 6.07) is 13.0. The number of para-hydroxylation sites is 1. The molecule has 1 saturated carbocycles. The lowest BCUT2D eigenvalue weighted by Crippen LogP contribution is -2.53. The summed E-state index contributed by atoms with van der Waals surface area (Å²) < 4.78 is 19.0. The SMILES string of the molecule is CC(Oc1ccccc1F)C(=O)NNC(=O)C1(c2ccc(Cl)cc2)CCCC1. The van der Waals surface area contributed by atoms with Crippen LogP contribution in [0.3, 0.4) is 0 Å². The number of carbonyl (C=O) groups is 2. The predicted molar refractivity (Wildman–Crippen MR) is 104 cm³/mol. The molecule has 2 N–H and O–H groups in total. The fourth-order valence-corrected chi connectivity index (χ4v) is 3.64. The highest BCUT2D eigenvalue weighted by atomic mass is 35.5. The summed E-state index contributed by atoms with van der Waals surface area (Å²) >= 11 is 5.96. The highest BCUT2D eigenvalue weighted by Gasteiger charge is 2.43. The van der Waals surface area contributed by atoms with E-state index >= 15 is 0 Å². The Kier molecular flexibility index (Phi) is 6.19. The van der Waals surface area contributed by atoms with E-state index in [2.05, 4.69) is 10.9 Å². The van der Waals surface area contributed by atoms with E-state index < -0.39 is 23.2 Å². The van der Waals surface area contributed by atoms with E-state index in [4.69, 9.17) is 16.3 Å². The first-order chi connectivity index (χ1) is 13.4. The van der Waals surface area contributed by atoms with Gasteiger partial charge in [0, 0.05) is 5.02 Å². The summed E-state index contributed by atoms with van der Waals surface area (Å²) in [5, 5.41) is 0.602. The minimum Gasteiger partial charge on any atom is -0.478 e. The molecule has 0 saturated heterocycles. The lowest BCUT2D eigenvalue weighted by Gasteiger charge is -2.28. The van der Waals surface area contributed by atoms with Gasteiger partial charge in [0.25, 0.3) is 5.91 Å². The van der Waals surface area contributed by atoms with Crippen LogP contribution in [0.15, 0.2) is 48.5 Å². The number of carbonyl (C=O) groups excluding carboxylic acids is 2. The summed E-state index contributed by atoms with van der Waals surface area (Å²) in [5.41, 5.74) is 5.08. The number of ether oxygens (including phenoxy) is 1. The highest BCUT2D eigenvalue weighted by molar-refractivity contribution is 6.30. The molecule has 0 radical (unpaired) electrons. The molecule has 1 fully saturated rings. The van der Waals surface area contributed by atoms with Crippen molar-refractivity contribution in [2.75, 3.05) is 0 Å². The number of halogens is 2. The second-order valence-corrected chi connectivity index (χ2v) is 7.37. The number of hydrazine groups is 1. The van der Waals surface area contributed by atoms with E-state index in [1.54, 1.807) is 18.2 Å². The standard InChI is InChI=1S/C21H22ClFN2O3/c1-14(28-18-7-3-2-6-17(18)23)19(26)24-25-20(27)21(12-4-5-13-21)15-8-10-16(22)11-9-15/h2-3,6-11,14H,4-5,12-13H2,1H3,(H,24,26)(H,25,27). The lowest BCUT2D eigenvalue weighted by molar-refractivity contribution is -0.135.